The Morgan fingerprint density at radius 1 is 0.943 bits per heavy atom. The van der Waals surface area contributed by atoms with E-state index in [9.17, 15) is 23.5 Å². The highest BCUT2D eigenvalue weighted by Crippen LogP contribution is 2.22. The largest absolute Gasteiger partial charge is 0.480 e. The molecule has 1 heterocycles. The number of hydrogen-bond acceptors (Lipinski definition) is 3. The van der Waals surface area contributed by atoms with Crippen LogP contribution in [0.2, 0.25) is 0 Å². The van der Waals surface area contributed by atoms with E-state index in [2.05, 4.69) is 35.4 Å². The van der Waals surface area contributed by atoms with Crippen molar-refractivity contribution >= 4 is 22.6 Å². The monoisotopic (exact) mass is 474 g/mol. The Labute approximate surface area is 201 Å². The van der Waals surface area contributed by atoms with Crippen LogP contribution < -0.4 is 5.32 Å². The molecule has 0 aliphatic heterocycles. The van der Waals surface area contributed by atoms with Crippen LogP contribution in [0, 0.1) is 11.6 Å². The van der Waals surface area contributed by atoms with E-state index in [0.29, 0.717) is 12.0 Å². The minimum absolute atomic E-state index is 0.0478. The SMILES string of the molecule is CCc1ccc2c(Cc3cccc(CC(NC(=O)c4c(F)cccc4F)C(=O)O)c3)nccc2c1. The molecule has 1 unspecified atom stereocenters. The molecular formula is C28H24F2N2O3. The molecule has 0 spiro atoms. The zero-order valence-corrected chi connectivity index (χ0v) is 19.1. The van der Waals surface area contributed by atoms with Crippen LogP contribution in [0.15, 0.2) is 72.9 Å². The van der Waals surface area contributed by atoms with Crippen molar-refractivity contribution < 1.29 is 23.5 Å². The van der Waals surface area contributed by atoms with Gasteiger partial charge in [-0.1, -0.05) is 55.5 Å². The van der Waals surface area contributed by atoms with Crippen LogP contribution in [0.25, 0.3) is 10.8 Å². The molecule has 7 heteroatoms. The first-order chi connectivity index (χ1) is 16.9. The number of nitrogens with zero attached hydrogens (tertiary/aromatic N) is 1. The summed E-state index contributed by atoms with van der Waals surface area (Å²) in [6.45, 7) is 2.11. The Kier molecular flexibility index (Phi) is 7.15. The highest BCUT2D eigenvalue weighted by atomic mass is 19.1. The lowest BCUT2D eigenvalue weighted by Crippen LogP contribution is -2.43. The zero-order valence-electron chi connectivity index (χ0n) is 19.1. The summed E-state index contributed by atoms with van der Waals surface area (Å²) in [5, 5.41) is 14.0. The molecule has 0 aliphatic rings. The Balaban J connectivity index is 1.53. The van der Waals surface area contributed by atoms with Crippen molar-refractivity contribution in [1.82, 2.24) is 10.3 Å². The van der Waals surface area contributed by atoms with Gasteiger partial charge < -0.3 is 10.4 Å². The molecule has 1 amide bonds. The number of carbonyl (C=O) groups is 2. The fourth-order valence-corrected chi connectivity index (χ4v) is 4.09. The van der Waals surface area contributed by atoms with Crippen LogP contribution in [0.3, 0.4) is 0 Å². The second kappa shape index (κ2) is 10.4. The molecule has 5 nitrogen and oxygen atoms in total. The van der Waals surface area contributed by atoms with E-state index in [1.54, 1.807) is 12.3 Å². The number of aliphatic carboxylic acids is 1. The van der Waals surface area contributed by atoms with Crippen molar-refractivity contribution in [3.8, 4) is 0 Å². The molecule has 3 aromatic carbocycles. The van der Waals surface area contributed by atoms with Gasteiger partial charge in [0.05, 0.1) is 5.69 Å². The van der Waals surface area contributed by atoms with Gasteiger partial charge in [0.2, 0.25) is 0 Å². The predicted octanol–water partition coefficient (Wildman–Crippen LogP) is 5.09. The standard InChI is InChI=1S/C28H24F2N2O3/c1-2-17-9-10-21-20(14-17)11-12-31-24(21)15-18-5-3-6-19(13-18)16-25(28(34)35)32-27(33)26-22(29)7-4-8-23(26)30/h3-14,25H,2,15-16H2,1H3,(H,32,33)(H,34,35). The van der Waals surface area contributed by atoms with Crippen molar-refractivity contribution in [3.63, 3.8) is 0 Å². The second-order valence-electron chi connectivity index (χ2n) is 8.33. The molecule has 1 aromatic heterocycles. The number of carbonyl (C=O) groups excluding carboxylic acids is 1. The van der Waals surface area contributed by atoms with Gasteiger partial charge >= 0.3 is 5.97 Å². The number of pyridine rings is 1. The van der Waals surface area contributed by atoms with Gasteiger partial charge in [-0.2, -0.15) is 0 Å². The van der Waals surface area contributed by atoms with Gasteiger partial charge in [-0.3, -0.25) is 9.78 Å². The van der Waals surface area contributed by atoms with E-state index < -0.39 is 35.1 Å². The summed E-state index contributed by atoms with van der Waals surface area (Å²) in [4.78, 5) is 28.8. The number of carboxylic acid groups (broad SMARTS) is 1. The van der Waals surface area contributed by atoms with Crippen molar-refractivity contribution in [2.75, 3.05) is 0 Å². The quantitative estimate of drug-likeness (QED) is 0.373. The number of benzene rings is 3. The number of hydrogen-bond donors (Lipinski definition) is 2. The lowest BCUT2D eigenvalue weighted by atomic mass is 9.98. The third kappa shape index (κ3) is 5.51. The van der Waals surface area contributed by atoms with E-state index in [1.807, 2.05) is 24.3 Å². The Bertz CT molecular complexity index is 1380. The number of nitrogens with one attached hydrogen (secondary N) is 1. The summed E-state index contributed by atoms with van der Waals surface area (Å²) in [7, 11) is 0. The molecule has 2 N–H and O–H groups in total. The molecule has 1 atom stereocenters. The van der Waals surface area contributed by atoms with Crippen LogP contribution in [0.5, 0.6) is 0 Å². The van der Waals surface area contributed by atoms with E-state index in [1.165, 1.54) is 5.56 Å². The molecule has 0 saturated carbocycles. The molecule has 178 valence electrons. The molecule has 0 saturated heterocycles. The smallest absolute Gasteiger partial charge is 0.326 e. The van der Waals surface area contributed by atoms with E-state index in [-0.39, 0.29) is 6.42 Å². The van der Waals surface area contributed by atoms with Crippen molar-refractivity contribution in [1.29, 1.82) is 0 Å². The van der Waals surface area contributed by atoms with Gasteiger partial charge in [-0.05, 0) is 46.7 Å². The number of rotatable bonds is 8. The van der Waals surface area contributed by atoms with Crippen LogP contribution in [-0.2, 0) is 24.1 Å². The third-order valence-electron chi connectivity index (χ3n) is 5.92. The fourth-order valence-electron chi connectivity index (χ4n) is 4.09. The highest BCUT2D eigenvalue weighted by Gasteiger charge is 2.25. The van der Waals surface area contributed by atoms with Gasteiger partial charge in [0.1, 0.15) is 23.2 Å². The molecule has 0 aliphatic carbocycles. The Morgan fingerprint density at radius 2 is 1.66 bits per heavy atom. The number of fused-ring (bicyclic) bond motifs is 1. The summed E-state index contributed by atoms with van der Waals surface area (Å²) < 4.78 is 27.9. The van der Waals surface area contributed by atoms with E-state index in [0.717, 1.165) is 46.6 Å². The number of amides is 1. The molecule has 0 radical (unpaired) electrons. The number of aryl methyl sites for hydroxylation is 1. The summed E-state index contributed by atoms with van der Waals surface area (Å²) in [5.41, 5.74) is 2.94. The minimum Gasteiger partial charge on any atom is -0.480 e. The fraction of sp³-hybridized carbons (Fsp3) is 0.179. The van der Waals surface area contributed by atoms with Crippen LogP contribution >= 0.6 is 0 Å². The van der Waals surface area contributed by atoms with Crippen LogP contribution in [0.4, 0.5) is 8.78 Å². The summed E-state index contributed by atoms with van der Waals surface area (Å²) in [6.07, 6.45) is 3.22. The Hall–Kier alpha value is -4.13. The average Bonchev–Trinajstić information content (AvgIpc) is 2.83. The minimum atomic E-state index is -1.36. The average molecular weight is 475 g/mol. The summed E-state index contributed by atoms with van der Waals surface area (Å²) in [6, 6.07) is 17.3. The summed E-state index contributed by atoms with van der Waals surface area (Å²) in [5.74, 6) is -4.52. The normalized spacial score (nSPS) is 11.9. The van der Waals surface area contributed by atoms with Gasteiger partial charge in [0.25, 0.3) is 5.91 Å². The first-order valence-electron chi connectivity index (χ1n) is 11.3. The van der Waals surface area contributed by atoms with Gasteiger partial charge in [0.15, 0.2) is 0 Å². The second-order valence-corrected chi connectivity index (χ2v) is 8.33. The maximum atomic E-state index is 13.9. The molecule has 35 heavy (non-hydrogen) atoms. The summed E-state index contributed by atoms with van der Waals surface area (Å²) >= 11 is 0. The Morgan fingerprint density at radius 3 is 2.37 bits per heavy atom. The molecular weight excluding hydrogens is 450 g/mol. The lowest BCUT2D eigenvalue weighted by Gasteiger charge is -2.16. The number of aromatic nitrogens is 1. The first-order valence-corrected chi connectivity index (χ1v) is 11.3. The van der Waals surface area contributed by atoms with Crippen molar-refractivity contribution in [3.05, 3.63) is 113 Å². The van der Waals surface area contributed by atoms with E-state index >= 15 is 0 Å². The topological polar surface area (TPSA) is 79.3 Å². The van der Waals surface area contributed by atoms with E-state index in [4.69, 9.17) is 0 Å². The predicted molar refractivity (Wildman–Crippen MR) is 129 cm³/mol. The number of halogens is 2. The zero-order chi connectivity index (χ0) is 24.9. The van der Waals surface area contributed by atoms with Crippen LogP contribution in [0.1, 0.15) is 39.7 Å². The number of carboxylic acids is 1. The van der Waals surface area contributed by atoms with Gasteiger partial charge in [-0.25, -0.2) is 13.6 Å². The van der Waals surface area contributed by atoms with Crippen LogP contribution in [-0.4, -0.2) is 28.0 Å². The highest BCUT2D eigenvalue weighted by molar-refractivity contribution is 5.97. The maximum absolute atomic E-state index is 13.9. The van der Waals surface area contributed by atoms with Gasteiger partial charge in [0, 0.05) is 24.4 Å². The molecule has 0 fully saturated rings. The third-order valence-corrected chi connectivity index (χ3v) is 5.92. The molecule has 0 bridgehead atoms. The maximum Gasteiger partial charge on any atom is 0.326 e. The lowest BCUT2D eigenvalue weighted by molar-refractivity contribution is -0.139. The van der Waals surface area contributed by atoms with Crippen molar-refractivity contribution in [2.24, 2.45) is 0 Å². The molecule has 4 rings (SSSR count). The van der Waals surface area contributed by atoms with Crippen molar-refractivity contribution in [2.45, 2.75) is 32.2 Å². The first kappa shape index (κ1) is 24.0. The molecule has 4 aromatic rings. The van der Waals surface area contributed by atoms with Gasteiger partial charge in [-0.15, -0.1) is 0 Å².